The summed E-state index contributed by atoms with van der Waals surface area (Å²) < 4.78 is 17.0. The minimum absolute atomic E-state index is 0.371. The van der Waals surface area contributed by atoms with Crippen LogP contribution in [0.25, 0.3) is 5.57 Å². The molecule has 0 amide bonds. The van der Waals surface area contributed by atoms with E-state index in [1.807, 2.05) is 13.0 Å². The van der Waals surface area contributed by atoms with Gasteiger partial charge in [-0.1, -0.05) is 53.8 Å². The van der Waals surface area contributed by atoms with Crippen molar-refractivity contribution in [3.05, 3.63) is 101 Å². The highest BCUT2D eigenvalue weighted by Gasteiger charge is 2.14. The van der Waals surface area contributed by atoms with Gasteiger partial charge in [0.1, 0.15) is 18.1 Å². The molecule has 39 heavy (non-hydrogen) atoms. The fourth-order valence-electron chi connectivity index (χ4n) is 4.19. The summed E-state index contributed by atoms with van der Waals surface area (Å²) >= 11 is 0. The molecule has 1 aliphatic heterocycles. The second kappa shape index (κ2) is 13.7. The van der Waals surface area contributed by atoms with Gasteiger partial charge >= 0.3 is 5.97 Å². The Morgan fingerprint density at radius 3 is 2.33 bits per heavy atom. The summed E-state index contributed by atoms with van der Waals surface area (Å²) in [6.45, 7) is 10.00. The number of carboxylic acid groups (broad SMARTS) is 1. The van der Waals surface area contributed by atoms with Crippen LogP contribution in [-0.2, 0) is 9.53 Å². The summed E-state index contributed by atoms with van der Waals surface area (Å²) in [5.74, 6) is 6.77. The summed E-state index contributed by atoms with van der Waals surface area (Å²) in [5.41, 5.74) is 6.28. The molecule has 1 atom stereocenters. The highest BCUT2D eigenvalue weighted by molar-refractivity contribution is 5.80. The number of aliphatic carboxylic acids is 1. The molecule has 0 spiro atoms. The lowest BCUT2D eigenvalue weighted by Crippen LogP contribution is -2.36. The molecule has 6 nitrogen and oxygen atoms in total. The summed E-state index contributed by atoms with van der Waals surface area (Å²) in [4.78, 5) is 13.4. The third-order valence-electron chi connectivity index (χ3n) is 6.53. The zero-order chi connectivity index (χ0) is 27.6. The lowest BCUT2D eigenvalue weighted by Gasteiger charge is -2.24. The van der Waals surface area contributed by atoms with Crippen molar-refractivity contribution in [2.24, 2.45) is 0 Å². The van der Waals surface area contributed by atoms with Crippen LogP contribution < -0.4 is 9.47 Å². The van der Waals surface area contributed by atoms with Gasteiger partial charge in [0.15, 0.2) is 6.10 Å². The predicted octanol–water partition coefficient (Wildman–Crippen LogP) is 5.35. The molecule has 1 aliphatic rings. The summed E-state index contributed by atoms with van der Waals surface area (Å²) in [7, 11) is 0. The Morgan fingerprint density at radius 1 is 1.03 bits per heavy atom. The van der Waals surface area contributed by atoms with E-state index < -0.39 is 12.1 Å². The van der Waals surface area contributed by atoms with Gasteiger partial charge in [0.2, 0.25) is 0 Å². The van der Waals surface area contributed by atoms with Gasteiger partial charge in [-0.2, -0.15) is 0 Å². The molecular formula is C33H35NO5. The van der Waals surface area contributed by atoms with Gasteiger partial charge < -0.3 is 19.3 Å². The molecule has 0 aromatic heterocycles. The lowest BCUT2D eigenvalue weighted by atomic mass is 9.96. The fraction of sp³-hybridized carbons (Fsp3) is 0.303. The molecule has 3 aromatic rings. The van der Waals surface area contributed by atoms with E-state index in [0.717, 1.165) is 60.7 Å². The number of aryl methyl sites for hydroxylation is 2. The molecule has 1 fully saturated rings. The van der Waals surface area contributed by atoms with Gasteiger partial charge in [-0.25, -0.2) is 4.79 Å². The Hall–Kier alpha value is -4.05. The largest absolute Gasteiger partial charge is 0.489 e. The molecule has 4 rings (SSSR count). The molecule has 202 valence electrons. The van der Waals surface area contributed by atoms with Crippen LogP contribution in [0.2, 0.25) is 0 Å². The molecule has 0 radical (unpaired) electrons. The van der Waals surface area contributed by atoms with Crippen molar-refractivity contribution in [3.8, 4) is 23.3 Å². The first-order valence-electron chi connectivity index (χ1n) is 13.2. The maximum absolute atomic E-state index is 11.1. The normalized spacial score (nSPS) is 14.7. The third-order valence-corrected chi connectivity index (χ3v) is 6.53. The second-order valence-electron chi connectivity index (χ2n) is 9.59. The molecular weight excluding hydrogens is 490 g/mol. The maximum Gasteiger partial charge on any atom is 0.344 e. The van der Waals surface area contributed by atoms with E-state index in [9.17, 15) is 4.79 Å². The van der Waals surface area contributed by atoms with E-state index in [1.54, 1.807) is 12.1 Å². The number of nitrogens with zero attached hydrogens (tertiary/aromatic N) is 1. The molecule has 0 bridgehead atoms. The molecule has 0 aliphatic carbocycles. The van der Waals surface area contributed by atoms with E-state index in [2.05, 4.69) is 78.3 Å². The number of morpholine rings is 1. The van der Waals surface area contributed by atoms with E-state index >= 15 is 0 Å². The highest BCUT2D eigenvalue weighted by Crippen LogP contribution is 2.27. The first kappa shape index (κ1) is 28.0. The highest BCUT2D eigenvalue weighted by atomic mass is 16.5. The Morgan fingerprint density at radius 2 is 1.69 bits per heavy atom. The van der Waals surface area contributed by atoms with Crippen molar-refractivity contribution in [2.75, 3.05) is 39.5 Å². The Labute approximate surface area is 230 Å². The average Bonchev–Trinajstić information content (AvgIpc) is 2.94. The third kappa shape index (κ3) is 8.22. The average molecular weight is 526 g/mol. The summed E-state index contributed by atoms with van der Waals surface area (Å²) in [6, 6.07) is 22.2. The number of rotatable bonds is 9. The monoisotopic (exact) mass is 525 g/mol. The molecule has 1 heterocycles. The van der Waals surface area contributed by atoms with E-state index in [4.69, 9.17) is 19.3 Å². The summed E-state index contributed by atoms with van der Waals surface area (Å²) in [5, 5.41) is 9.09. The smallest absolute Gasteiger partial charge is 0.344 e. The zero-order valence-corrected chi connectivity index (χ0v) is 22.8. The molecule has 3 aromatic carbocycles. The van der Waals surface area contributed by atoms with Crippen molar-refractivity contribution < 1.29 is 24.1 Å². The van der Waals surface area contributed by atoms with E-state index in [0.29, 0.717) is 18.1 Å². The van der Waals surface area contributed by atoms with Crippen LogP contribution >= 0.6 is 0 Å². The van der Waals surface area contributed by atoms with Gasteiger partial charge in [-0.3, -0.25) is 4.90 Å². The summed E-state index contributed by atoms with van der Waals surface area (Å²) in [6.07, 6.45) is 1.16. The van der Waals surface area contributed by atoms with Crippen LogP contribution in [0.5, 0.6) is 11.5 Å². The van der Waals surface area contributed by atoms with Gasteiger partial charge in [0.25, 0.3) is 0 Å². The van der Waals surface area contributed by atoms with Crippen LogP contribution in [0.4, 0.5) is 0 Å². The van der Waals surface area contributed by atoms with Crippen molar-refractivity contribution >= 4 is 11.5 Å². The SMILES string of the molecule is Cc1ccc(/C(=C/COc2ccc(OC(C)C(=O)O)c(C)c2)c2ccc(C#CCN3CCOCC3)cc2)cc1. The Kier molecular flexibility index (Phi) is 9.80. The first-order valence-corrected chi connectivity index (χ1v) is 13.2. The number of carboxylic acids is 1. The topological polar surface area (TPSA) is 68.2 Å². The van der Waals surface area contributed by atoms with Gasteiger partial charge in [-0.15, -0.1) is 0 Å². The van der Waals surface area contributed by atoms with Gasteiger partial charge in [0, 0.05) is 18.7 Å². The minimum atomic E-state index is -1.00. The first-order chi connectivity index (χ1) is 18.9. The fourth-order valence-corrected chi connectivity index (χ4v) is 4.19. The second-order valence-corrected chi connectivity index (χ2v) is 9.59. The number of benzene rings is 3. The standard InChI is InChI=1S/C33H35NO5/c1-24-6-10-28(11-7-24)31(16-20-38-30-14-15-32(25(2)23-30)39-26(3)33(35)36)29-12-8-27(9-13-29)5-4-17-34-18-21-37-22-19-34/h6-16,23,26H,17-22H2,1-3H3,(H,35,36)/b31-16-. The van der Waals surface area contributed by atoms with Crippen LogP contribution in [0.15, 0.2) is 72.8 Å². The van der Waals surface area contributed by atoms with Crippen molar-refractivity contribution in [2.45, 2.75) is 26.9 Å². The Bertz CT molecular complexity index is 1340. The quantitative estimate of drug-likeness (QED) is 0.380. The molecule has 1 N–H and O–H groups in total. The number of carbonyl (C=O) groups is 1. The lowest BCUT2D eigenvalue weighted by molar-refractivity contribution is -0.144. The van der Waals surface area contributed by atoms with Crippen molar-refractivity contribution in [3.63, 3.8) is 0 Å². The Balaban J connectivity index is 1.46. The van der Waals surface area contributed by atoms with Crippen LogP contribution in [0.1, 0.15) is 34.7 Å². The molecule has 0 saturated carbocycles. The minimum Gasteiger partial charge on any atom is -0.489 e. The number of hydrogen-bond donors (Lipinski definition) is 1. The number of ether oxygens (including phenoxy) is 3. The predicted molar refractivity (Wildman–Crippen MR) is 153 cm³/mol. The number of hydrogen-bond acceptors (Lipinski definition) is 5. The zero-order valence-electron chi connectivity index (χ0n) is 22.8. The van der Waals surface area contributed by atoms with E-state index in [-0.39, 0.29) is 0 Å². The maximum atomic E-state index is 11.1. The molecule has 1 unspecified atom stereocenters. The van der Waals surface area contributed by atoms with Crippen molar-refractivity contribution in [1.82, 2.24) is 4.90 Å². The van der Waals surface area contributed by atoms with Gasteiger partial charge in [-0.05, 0) is 79.4 Å². The van der Waals surface area contributed by atoms with E-state index in [1.165, 1.54) is 12.5 Å². The molecule has 1 saturated heterocycles. The van der Waals surface area contributed by atoms with Crippen LogP contribution in [0.3, 0.4) is 0 Å². The van der Waals surface area contributed by atoms with Crippen LogP contribution in [-0.4, -0.2) is 61.5 Å². The van der Waals surface area contributed by atoms with Crippen LogP contribution in [0, 0.1) is 25.7 Å². The molecule has 6 heteroatoms. The van der Waals surface area contributed by atoms with Gasteiger partial charge in [0.05, 0.1) is 19.8 Å². The van der Waals surface area contributed by atoms with Crippen molar-refractivity contribution in [1.29, 1.82) is 0 Å².